The predicted molar refractivity (Wildman–Crippen MR) is 113 cm³/mol. The highest BCUT2D eigenvalue weighted by atomic mass is 35.5. The zero-order chi connectivity index (χ0) is 19.5. The van der Waals surface area contributed by atoms with Crippen molar-refractivity contribution >= 4 is 40.3 Å². The Kier molecular flexibility index (Phi) is 5.40. The highest BCUT2D eigenvalue weighted by molar-refractivity contribution is 6.32. The Bertz CT molecular complexity index is 957. The molecule has 1 aliphatic heterocycles. The highest BCUT2D eigenvalue weighted by Gasteiger charge is 2.20. The van der Waals surface area contributed by atoms with Gasteiger partial charge in [-0.25, -0.2) is 9.97 Å². The molecular weight excluding hydrogens is 376 g/mol. The molecule has 3 heterocycles. The van der Waals surface area contributed by atoms with Crippen molar-refractivity contribution in [1.82, 2.24) is 25.3 Å². The Morgan fingerprint density at radius 1 is 1.07 bits per heavy atom. The van der Waals surface area contributed by atoms with Crippen LogP contribution in [0.5, 0.6) is 0 Å². The van der Waals surface area contributed by atoms with E-state index in [-0.39, 0.29) is 0 Å². The highest BCUT2D eigenvalue weighted by Crippen LogP contribution is 2.27. The van der Waals surface area contributed by atoms with Crippen LogP contribution in [-0.2, 0) is 6.54 Å². The molecule has 4 rings (SSSR count). The molecule has 2 aromatic heterocycles. The van der Waals surface area contributed by atoms with E-state index in [9.17, 15) is 0 Å². The molecule has 0 unspecified atom stereocenters. The number of nitrogens with one attached hydrogen (secondary N) is 2. The molecule has 0 amide bonds. The molecule has 2 N–H and O–H groups in total. The summed E-state index contributed by atoms with van der Waals surface area (Å²) in [7, 11) is 3.86. The summed E-state index contributed by atoms with van der Waals surface area (Å²) in [5.74, 6) is 1.90. The predicted octanol–water partition coefficient (Wildman–Crippen LogP) is 2.16. The van der Waals surface area contributed by atoms with Crippen LogP contribution in [-0.4, -0.2) is 60.2 Å². The van der Waals surface area contributed by atoms with Crippen LogP contribution in [0, 0.1) is 0 Å². The lowest BCUT2D eigenvalue weighted by molar-refractivity contribution is 0.580. The standard InChI is InChI=1S/C19H23ClN8/c1-27(2)18-14-16(25-19(26-18)28-10-8-21-9-11-28)24-17(15(20)23-14)22-12-13-6-4-3-5-7-13/h3-7,21H,8-12H2,1-2H3,(H,22,24,25,26). The minimum absolute atomic E-state index is 0.310. The summed E-state index contributed by atoms with van der Waals surface area (Å²) in [5.41, 5.74) is 2.27. The van der Waals surface area contributed by atoms with Crippen molar-refractivity contribution in [2.45, 2.75) is 6.54 Å². The molecule has 1 aromatic carbocycles. The Morgan fingerprint density at radius 2 is 1.82 bits per heavy atom. The normalized spacial score (nSPS) is 14.3. The van der Waals surface area contributed by atoms with Gasteiger partial charge < -0.3 is 20.4 Å². The maximum absolute atomic E-state index is 6.41. The van der Waals surface area contributed by atoms with Crippen LogP contribution in [0.25, 0.3) is 11.2 Å². The van der Waals surface area contributed by atoms with Gasteiger partial charge in [-0.05, 0) is 5.56 Å². The summed E-state index contributed by atoms with van der Waals surface area (Å²) in [6.07, 6.45) is 0. The van der Waals surface area contributed by atoms with Crippen molar-refractivity contribution in [2.75, 3.05) is 55.4 Å². The summed E-state index contributed by atoms with van der Waals surface area (Å²) >= 11 is 6.41. The fraction of sp³-hybridized carbons (Fsp3) is 0.368. The molecule has 9 heteroatoms. The molecule has 8 nitrogen and oxygen atoms in total. The number of fused-ring (bicyclic) bond motifs is 1. The van der Waals surface area contributed by atoms with Crippen molar-refractivity contribution in [3.63, 3.8) is 0 Å². The van der Waals surface area contributed by atoms with Crippen molar-refractivity contribution < 1.29 is 0 Å². The second-order valence-corrected chi connectivity index (χ2v) is 7.21. The van der Waals surface area contributed by atoms with Gasteiger partial charge in [-0.15, -0.1) is 0 Å². The molecule has 3 aromatic rings. The topological polar surface area (TPSA) is 82.1 Å². The Labute approximate surface area is 169 Å². The minimum atomic E-state index is 0.310. The molecule has 0 atom stereocenters. The summed E-state index contributed by atoms with van der Waals surface area (Å²) in [4.78, 5) is 22.7. The third kappa shape index (κ3) is 3.93. The Morgan fingerprint density at radius 3 is 2.54 bits per heavy atom. The van der Waals surface area contributed by atoms with Crippen LogP contribution in [0.15, 0.2) is 30.3 Å². The van der Waals surface area contributed by atoms with E-state index < -0.39 is 0 Å². The summed E-state index contributed by atoms with van der Waals surface area (Å²) < 4.78 is 0. The third-order valence-electron chi connectivity index (χ3n) is 4.58. The van der Waals surface area contributed by atoms with Gasteiger partial charge in [0.15, 0.2) is 28.0 Å². The number of benzene rings is 1. The second kappa shape index (κ2) is 8.12. The average Bonchev–Trinajstić information content (AvgIpc) is 2.73. The van der Waals surface area contributed by atoms with E-state index in [1.54, 1.807) is 0 Å². The number of hydrogen-bond acceptors (Lipinski definition) is 8. The Balaban J connectivity index is 1.71. The maximum atomic E-state index is 6.41. The zero-order valence-electron chi connectivity index (χ0n) is 16.0. The first-order valence-electron chi connectivity index (χ1n) is 9.28. The number of hydrogen-bond donors (Lipinski definition) is 2. The van der Waals surface area contributed by atoms with Gasteiger partial charge in [0.05, 0.1) is 0 Å². The van der Waals surface area contributed by atoms with Gasteiger partial charge in [0.1, 0.15) is 0 Å². The quantitative estimate of drug-likeness (QED) is 0.676. The first kappa shape index (κ1) is 18.6. The summed E-state index contributed by atoms with van der Waals surface area (Å²) in [6, 6.07) is 10.1. The van der Waals surface area contributed by atoms with E-state index in [0.29, 0.717) is 40.4 Å². The number of anilines is 3. The third-order valence-corrected chi connectivity index (χ3v) is 4.85. The second-order valence-electron chi connectivity index (χ2n) is 6.85. The van der Waals surface area contributed by atoms with Gasteiger partial charge >= 0.3 is 0 Å². The Hall–Kier alpha value is -2.71. The monoisotopic (exact) mass is 398 g/mol. The largest absolute Gasteiger partial charge is 0.363 e. The van der Waals surface area contributed by atoms with E-state index in [1.807, 2.05) is 49.3 Å². The molecule has 1 fully saturated rings. The molecule has 146 valence electrons. The fourth-order valence-corrected chi connectivity index (χ4v) is 3.31. The molecule has 28 heavy (non-hydrogen) atoms. The van der Waals surface area contributed by atoms with E-state index in [2.05, 4.69) is 30.5 Å². The van der Waals surface area contributed by atoms with Crippen molar-refractivity contribution in [3.8, 4) is 0 Å². The van der Waals surface area contributed by atoms with Crippen LogP contribution < -0.4 is 20.4 Å². The van der Waals surface area contributed by atoms with Crippen LogP contribution in [0.3, 0.4) is 0 Å². The molecule has 0 bridgehead atoms. The van der Waals surface area contributed by atoms with Gasteiger partial charge in [-0.1, -0.05) is 41.9 Å². The van der Waals surface area contributed by atoms with Gasteiger partial charge in [-0.2, -0.15) is 9.97 Å². The maximum Gasteiger partial charge on any atom is 0.229 e. The smallest absolute Gasteiger partial charge is 0.229 e. The number of nitrogens with zero attached hydrogens (tertiary/aromatic N) is 6. The summed E-state index contributed by atoms with van der Waals surface area (Å²) in [5, 5.41) is 6.92. The van der Waals surface area contributed by atoms with Crippen molar-refractivity contribution in [3.05, 3.63) is 41.0 Å². The van der Waals surface area contributed by atoms with Crippen molar-refractivity contribution in [1.29, 1.82) is 0 Å². The lowest BCUT2D eigenvalue weighted by atomic mass is 10.2. The molecule has 0 saturated carbocycles. The summed E-state index contributed by atoms with van der Waals surface area (Å²) in [6.45, 7) is 4.15. The van der Waals surface area contributed by atoms with Crippen LogP contribution in [0.4, 0.5) is 17.6 Å². The van der Waals surface area contributed by atoms with Crippen LogP contribution >= 0.6 is 11.6 Å². The van der Waals surface area contributed by atoms with Crippen LogP contribution in [0.1, 0.15) is 5.56 Å². The number of halogens is 1. The van der Waals surface area contributed by atoms with E-state index >= 15 is 0 Å². The number of rotatable bonds is 5. The van der Waals surface area contributed by atoms with E-state index in [1.165, 1.54) is 0 Å². The molecular formula is C19H23ClN8. The van der Waals surface area contributed by atoms with Gasteiger partial charge in [0, 0.05) is 46.8 Å². The molecule has 0 radical (unpaired) electrons. The van der Waals surface area contributed by atoms with E-state index in [4.69, 9.17) is 16.6 Å². The lowest BCUT2D eigenvalue weighted by Crippen LogP contribution is -2.44. The fourth-order valence-electron chi connectivity index (χ4n) is 3.11. The molecule has 0 aliphatic carbocycles. The molecule has 1 saturated heterocycles. The van der Waals surface area contributed by atoms with Gasteiger partial charge in [0.2, 0.25) is 5.95 Å². The molecule has 0 spiro atoms. The number of piperazine rings is 1. The number of aromatic nitrogens is 4. The van der Waals surface area contributed by atoms with E-state index in [0.717, 1.165) is 31.7 Å². The first-order valence-corrected chi connectivity index (χ1v) is 9.65. The lowest BCUT2D eigenvalue weighted by Gasteiger charge is -2.28. The zero-order valence-corrected chi connectivity index (χ0v) is 16.7. The average molecular weight is 399 g/mol. The molecule has 1 aliphatic rings. The first-order chi connectivity index (χ1) is 13.6. The van der Waals surface area contributed by atoms with Crippen LogP contribution in [0.2, 0.25) is 5.15 Å². The van der Waals surface area contributed by atoms with Gasteiger partial charge in [-0.3, -0.25) is 0 Å². The van der Waals surface area contributed by atoms with Gasteiger partial charge in [0.25, 0.3) is 0 Å². The van der Waals surface area contributed by atoms with Crippen molar-refractivity contribution in [2.24, 2.45) is 0 Å². The SMILES string of the molecule is CN(C)c1nc(N2CCNCC2)nc2nc(NCc3ccccc3)c(Cl)nc12. The minimum Gasteiger partial charge on any atom is -0.363 e.